The molecule has 1 fully saturated rings. The molecule has 1 heterocycles. The van der Waals surface area contributed by atoms with E-state index in [1.54, 1.807) is 6.92 Å². The van der Waals surface area contributed by atoms with E-state index in [4.69, 9.17) is 5.53 Å². The summed E-state index contributed by atoms with van der Waals surface area (Å²) in [6.07, 6.45) is 1.07. The van der Waals surface area contributed by atoms with Crippen LogP contribution in [0, 0.1) is 5.41 Å². The number of nitrogens with one attached hydrogen (secondary N) is 1. The fourth-order valence-corrected chi connectivity index (χ4v) is 1.77. The van der Waals surface area contributed by atoms with Crippen molar-refractivity contribution in [3.63, 3.8) is 0 Å². The predicted molar refractivity (Wildman–Crippen MR) is 55.3 cm³/mol. The number of methoxy groups -OCH3 is 1. The van der Waals surface area contributed by atoms with Gasteiger partial charge in [-0.3, -0.25) is 4.79 Å². The zero-order valence-electron chi connectivity index (χ0n) is 9.27. The highest BCUT2D eigenvalue weighted by Gasteiger charge is 2.54. The monoisotopic (exact) mass is 226 g/mol. The molecular weight excluding hydrogens is 212 g/mol. The van der Waals surface area contributed by atoms with E-state index < -0.39 is 17.4 Å². The smallest absolute Gasteiger partial charge is 0.329 e. The molecule has 7 heteroatoms. The van der Waals surface area contributed by atoms with E-state index in [0.29, 0.717) is 19.4 Å². The lowest BCUT2D eigenvalue weighted by atomic mass is 9.71. The van der Waals surface area contributed by atoms with Crippen molar-refractivity contribution in [3.8, 4) is 0 Å². The largest absolute Gasteiger partial charge is 0.467 e. The van der Waals surface area contributed by atoms with Gasteiger partial charge in [-0.15, -0.1) is 0 Å². The molecule has 0 aromatic carbocycles. The van der Waals surface area contributed by atoms with Crippen molar-refractivity contribution in [1.82, 2.24) is 5.32 Å². The van der Waals surface area contributed by atoms with Gasteiger partial charge in [0.1, 0.15) is 6.04 Å². The number of rotatable bonds is 5. The third-order valence-corrected chi connectivity index (χ3v) is 2.89. The first-order chi connectivity index (χ1) is 7.56. The lowest BCUT2D eigenvalue weighted by Gasteiger charge is -2.44. The summed E-state index contributed by atoms with van der Waals surface area (Å²) in [5.74, 6) is -0.602. The molecule has 1 aliphatic rings. The Balaban J connectivity index is 2.55. The molecule has 0 saturated carbocycles. The van der Waals surface area contributed by atoms with Crippen LogP contribution in [0.5, 0.6) is 0 Å². The van der Waals surface area contributed by atoms with Crippen molar-refractivity contribution in [1.29, 1.82) is 0 Å². The normalized spacial score (nSPS) is 27.4. The van der Waals surface area contributed by atoms with Gasteiger partial charge in [-0.25, -0.2) is 4.79 Å². The van der Waals surface area contributed by atoms with E-state index in [1.807, 2.05) is 0 Å². The van der Waals surface area contributed by atoms with Gasteiger partial charge in [0.25, 0.3) is 0 Å². The van der Waals surface area contributed by atoms with E-state index >= 15 is 0 Å². The Labute approximate surface area is 92.8 Å². The number of ether oxygens (including phenoxy) is 1. The maximum atomic E-state index is 11.4. The van der Waals surface area contributed by atoms with Crippen LogP contribution in [0.15, 0.2) is 5.11 Å². The number of nitrogens with zero attached hydrogens (tertiary/aromatic N) is 3. The van der Waals surface area contributed by atoms with Crippen molar-refractivity contribution in [2.45, 2.75) is 25.8 Å². The van der Waals surface area contributed by atoms with Crippen LogP contribution in [0.3, 0.4) is 0 Å². The molecule has 2 atom stereocenters. The number of amides is 1. The molecule has 1 saturated heterocycles. The zero-order chi connectivity index (χ0) is 12.2. The lowest BCUT2D eigenvalue weighted by Crippen LogP contribution is -2.69. The first-order valence-electron chi connectivity index (χ1n) is 4.96. The van der Waals surface area contributed by atoms with Gasteiger partial charge in [-0.05, 0) is 25.3 Å². The van der Waals surface area contributed by atoms with E-state index in [0.717, 1.165) is 0 Å². The van der Waals surface area contributed by atoms with Crippen LogP contribution < -0.4 is 5.32 Å². The van der Waals surface area contributed by atoms with Crippen LogP contribution in [-0.4, -0.2) is 31.6 Å². The highest BCUT2D eigenvalue weighted by atomic mass is 16.5. The van der Waals surface area contributed by atoms with Gasteiger partial charge in [0.15, 0.2) is 0 Å². The minimum absolute atomic E-state index is 0.163. The SMILES string of the molecule is COC(=O)C1NC(=O)[C@]1(C)CCCN=[N+]=[N-]. The van der Waals surface area contributed by atoms with Gasteiger partial charge in [-0.2, -0.15) is 0 Å². The molecule has 0 spiro atoms. The highest BCUT2D eigenvalue weighted by Crippen LogP contribution is 2.36. The van der Waals surface area contributed by atoms with E-state index in [1.165, 1.54) is 7.11 Å². The summed E-state index contributed by atoms with van der Waals surface area (Å²) in [7, 11) is 1.28. The van der Waals surface area contributed by atoms with Gasteiger partial charge < -0.3 is 10.1 Å². The summed E-state index contributed by atoms with van der Waals surface area (Å²) in [4.78, 5) is 25.4. The molecule has 1 unspecified atom stereocenters. The summed E-state index contributed by atoms with van der Waals surface area (Å²) in [6.45, 7) is 2.04. The molecule has 0 aliphatic carbocycles. The number of carbonyl (C=O) groups excluding carboxylic acids is 2. The van der Waals surface area contributed by atoms with Crippen LogP contribution >= 0.6 is 0 Å². The molecular formula is C9H14N4O3. The number of carbonyl (C=O) groups is 2. The molecule has 0 aromatic rings. The second-order valence-corrected chi connectivity index (χ2v) is 3.91. The van der Waals surface area contributed by atoms with Gasteiger partial charge in [0.2, 0.25) is 5.91 Å². The van der Waals surface area contributed by atoms with Crippen LogP contribution in [0.1, 0.15) is 19.8 Å². The minimum atomic E-state index is -0.738. The first kappa shape index (κ1) is 12.3. The summed E-state index contributed by atoms with van der Waals surface area (Å²) in [5.41, 5.74) is 7.36. The minimum Gasteiger partial charge on any atom is -0.467 e. The van der Waals surface area contributed by atoms with Gasteiger partial charge in [-0.1, -0.05) is 5.11 Å². The quantitative estimate of drug-likeness (QED) is 0.187. The Bertz CT molecular complexity index is 351. The van der Waals surface area contributed by atoms with E-state index in [9.17, 15) is 9.59 Å². The van der Waals surface area contributed by atoms with Crippen LogP contribution in [0.25, 0.3) is 10.4 Å². The summed E-state index contributed by atoms with van der Waals surface area (Å²) in [6, 6.07) is -0.587. The average molecular weight is 226 g/mol. The van der Waals surface area contributed by atoms with Crippen molar-refractivity contribution in [2.75, 3.05) is 13.7 Å². The molecule has 1 amide bonds. The molecule has 0 aromatic heterocycles. The molecule has 16 heavy (non-hydrogen) atoms. The highest BCUT2D eigenvalue weighted by molar-refractivity contribution is 6.00. The van der Waals surface area contributed by atoms with Gasteiger partial charge in [0, 0.05) is 11.5 Å². The Hall–Kier alpha value is -1.75. The predicted octanol–water partition coefficient (Wildman–Crippen LogP) is 0.755. The topological polar surface area (TPSA) is 104 Å². The second-order valence-electron chi connectivity index (χ2n) is 3.91. The van der Waals surface area contributed by atoms with Crippen molar-refractivity contribution < 1.29 is 14.3 Å². The number of azide groups is 1. The number of esters is 1. The Morgan fingerprint density at radius 3 is 2.94 bits per heavy atom. The Kier molecular flexibility index (Phi) is 3.73. The molecule has 88 valence electrons. The second kappa shape index (κ2) is 4.85. The summed E-state index contributed by atoms with van der Waals surface area (Å²) in [5, 5.41) is 5.89. The van der Waals surface area contributed by atoms with Gasteiger partial charge in [0.05, 0.1) is 12.5 Å². The molecule has 1 N–H and O–H groups in total. The molecule has 0 radical (unpaired) electrons. The average Bonchev–Trinajstić information content (AvgIpc) is 2.30. The molecule has 0 bridgehead atoms. The van der Waals surface area contributed by atoms with Crippen LogP contribution in [0.4, 0.5) is 0 Å². The summed E-state index contributed by atoms with van der Waals surface area (Å²) >= 11 is 0. The van der Waals surface area contributed by atoms with Crippen molar-refractivity contribution in [3.05, 3.63) is 10.4 Å². The van der Waals surface area contributed by atoms with E-state index in [2.05, 4.69) is 20.1 Å². The first-order valence-corrected chi connectivity index (χ1v) is 4.96. The number of hydrogen-bond donors (Lipinski definition) is 1. The standard InChI is InChI=1S/C9H14N4O3/c1-9(4-3-5-11-13-10)6(7(14)16-2)12-8(9)15/h6H,3-5H2,1-2H3,(H,12,15)/t6?,9-/m1/s1. The van der Waals surface area contributed by atoms with E-state index in [-0.39, 0.29) is 5.91 Å². The molecule has 1 aliphatic heterocycles. The lowest BCUT2D eigenvalue weighted by molar-refractivity contribution is -0.163. The Morgan fingerprint density at radius 2 is 2.44 bits per heavy atom. The van der Waals surface area contributed by atoms with Crippen molar-refractivity contribution in [2.24, 2.45) is 10.5 Å². The zero-order valence-corrected chi connectivity index (χ0v) is 9.27. The number of hydrogen-bond acceptors (Lipinski definition) is 4. The third-order valence-electron chi connectivity index (χ3n) is 2.89. The van der Waals surface area contributed by atoms with Crippen LogP contribution in [0.2, 0.25) is 0 Å². The van der Waals surface area contributed by atoms with Crippen LogP contribution in [-0.2, 0) is 14.3 Å². The Morgan fingerprint density at radius 1 is 1.75 bits per heavy atom. The fourth-order valence-electron chi connectivity index (χ4n) is 1.77. The maximum Gasteiger partial charge on any atom is 0.329 e. The maximum absolute atomic E-state index is 11.4. The third kappa shape index (κ3) is 2.09. The fraction of sp³-hybridized carbons (Fsp3) is 0.778. The molecule has 1 rings (SSSR count). The number of β-lactam (4-membered cyclic amide) rings is 1. The van der Waals surface area contributed by atoms with Gasteiger partial charge >= 0.3 is 5.97 Å². The van der Waals surface area contributed by atoms with Crippen molar-refractivity contribution >= 4 is 11.9 Å². The summed E-state index contributed by atoms with van der Waals surface area (Å²) < 4.78 is 4.59. The molecule has 7 nitrogen and oxygen atoms in total.